The molecule has 0 fully saturated rings. The fourth-order valence-electron chi connectivity index (χ4n) is 4.54. The van der Waals surface area contributed by atoms with Crippen molar-refractivity contribution < 1.29 is 23.9 Å². The van der Waals surface area contributed by atoms with Crippen molar-refractivity contribution in [3.63, 3.8) is 0 Å². The fraction of sp³-hybridized carbons (Fsp3) is 0.321. The molecule has 0 saturated carbocycles. The Morgan fingerprint density at radius 3 is 2.51 bits per heavy atom. The molecule has 0 spiro atoms. The largest absolute Gasteiger partial charge is 0.466 e. The first-order valence-corrected chi connectivity index (χ1v) is 12.8. The number of nitrogen functional groups attached to an aromatic ring is 1. The smallest absolute Gasteiger partial charge is 0.328 e. The predicted molar refractivity (Wildman–Crippen MR) is 146 cm³/mol. The molecule has 11 nitrogen and oxygen atoms in total. The molecule has 3 aromatic rings. The molecule has 0 bridgehead atoms. The maximum Gasteiger partial charge on any atom is 0.328 e. The zero-order chi connectivity index (χ0) is 27.9. The van der Waals surface area contributed by atoms with Crippen molar-refractivity contribution in [3.8, 4) is 11.1 Å². The minimum Gasteiger partial charge on any atom is -0.466 e. The van der Waals surface area contributed by atoms with E-state index < -0.39 is 23.9 Å². The fourth-order valence-corrected chi connectivity index (χ4v) is 4.54. The number of rotatable bonds is 10. The molecule has 1 aromatic heterocycles. The third-order valence-electron chi connectivity index (χ3n) is 6.31. The number of nitrogens with one attached hydrogen (secondary N) is 3. The highest BCUT2D eigenvalue weighted by atomic mass is 16.5. The van der Waals surface area contributed by atoms with Crippen LogP contribution in [-0.2, 0) is 31.9 Å². The Balaban J connectivity index is 1.47. The Morgan fingerprint density at radius 1 is 1.05 bits per heavy atom. The third kappa shape index (κ3) is 6.43. The van der Waals surface area contributed by atoms with Crippen LogP contribution in [0, 0.1) is 0 Å². The number of carbonyl (C=O) groups is 3. The number of aromatic amines is 1. The van der Waals surface area contributed by atoms with E-state index in [9.17, 15) is 19.2 Å². The van der Waals surface area contributed by atoms with Gasteiger partial charge in [0.05, 0.1) is 24.5 Å². The van der Waals surface area contributed by atoms with Gasteiger partial charge in [0, 0.05) is 23.4 Å². The van der Waals surface area contributed by atoms with Gasteiger partial charge in [0.2, 0.25) is 5.95 Å². The zero-order valence-electron chi connectivity index (χ0n) is 21.8. The predicted octanol–water partition coefficient (Wildman–Crippen LogP) is 2.87. The minimum absolute atomic E-state index is 0.0261. The van der Waals surface area contributed by atoms with Crippen molar-refractivity contribution in [2.75, 3.05) is 24.3 Å². The van der Waals surface area contributed by atoms with Crippen LogP contribution in [0.2, 0.25) is 0 Å². The molecule has 5 N–H and O–H groups in total. The molecule has 204 valence electrons. The average molecular weight is 534 g/mol. The van der Waals surface area contributed by atoms with Gasteiger partial charge in [0.25, 0.3) is 11.5 Å². The molecule has 1 atom stereocenters. The highest BCUT2D eigenvalue weighted by Crippen LogP contribution is 2.35. The van der Waals surface area contributed by atoms with E-state index in [2.05, 4.69) is 20.6 Å². The lowest BCUT2D eigenvalue weighted by molar-refractivity contribution is -0.146. The topological polar surface area (TPSA) is 165 Å². The van der Waals surface area contributed by atoms with Crippen molar-refractivity contribution in [2.45, 2.75) is 45.6 Å². The lowest BCUT2D eigenvalue weighted by Crippen LogP contribution is -2.42. The van der Waals surface area contributed by atoms with Crippen LogP contribution in [-0.4, -0.2) is 47.1 Å². The minimum atomic E-state index is -0.980. The summed E-state index contributed by atoms with van der Waals surface area (Å²) in [5.41, 5.74) is 10.4. The second-order valence-corrected chi connectivity index (χ2v) is 8.93. The maximum absolute atomic E-state index is 12.9. The van der Waals surface area contributed by atoms with Crippen LogP contribution in [0.25, 0.3) is 11.1 Å². The van der Waals surface area contributed by atoms with Gasteiger partial charge in [-0.3, -0.25) is 19.4 Å². The normalized spacial score (nSPS) is 12.5. The molecule has 1 amide bonds. The first kappa shape index (κ1) is 27.4. The van der Waals surface area contributed by atoms with Gasteiger partial charge in [-0.25, -0.2) is 9.78 Å². The van der Waals surface area contributed by atoms with Crippen LogP contribution in [0.15, 0.2) is 47.3 Å². The SMILES string of the molecule is CCOC(=O)CCC(NC(=O)c1ccc(Nc2cccc3c2CCc2nc(N)[nH]c(=O)c2-3)cc1)C(=O)OCC. The molecule has 1 aliphatic rings. The quantitative estimate of drug-likeness (QED) is 0.287. The number of hydrogen-bond donors (Lipinski definition) is 4. The van der Waals surface area contributed by atoms with E-state index in [4.69, 9.17) is 15.2 Å². The van der Waals surface area contributed by atoms with E-state index in [1.54, 1.807) is 38.1 Å². The molecular weight excluding hydrogens is 502 g/mol. The number of fused-ring (bicyclic) bond motifs is 3. The summed E-state index contributed by atoms with van der Waals surface area (Å²) < 4.78 is 9.96. The second-order valence-electron chi connectivity index (χ2n) is 8.93. The van der Waals surface area contributed by atoms with Gasteiger partial charge in [-0.1, -0.05) is 12.1 Å². The molecule has 1 aliphatic carbocycles. The highest BCUT2D eigenvalue weighted by Gasteiger charge is 2.25. The van der Waals surface area contributed by atoms with Crippen LogP contribution >= 0.6 is 0 Å². The van der Waals surface area contributed by atoms with Crippen molar-refractivity contribution in [3.05, 3.63) is 69.6 Å². The highest BCUT2D eigenvalue weighted by molar-refractivity contribution is 5.97. The van der Waals surface area contributed by atoms with Crippen molar-refractivity contribution in [2.24, 2.45) is 0 Å². The number of nitrogens with zero attached hydrogens (tertiary/aromatic N) is 1. The third-order valence-corrected chi connectivity index (χ3v) is 6.31. The number of aromatic nitrogens is 2. The Hall–Kier alpha value is -4.67. The number of anilines is 3. The number of aryl methyl sites for hydroxylation is 1. The molecule has 0 saturated heterocycles. The molecule has 0 radical (unpaired) electrons. The molecule has 2 aromatic carbocycles. The summed E-state index contributed by atoms with van der Waals surface area (Å²) in [5, 5.41) is 6.02. The van der Waals surface area contributed by atoms with E-state index in [-0.39, 0.29) is 37.6 Å². The molecule has 0 aliphatic heterocycles. The first-order valence-electron chi connectivity index (χ1n) is 12.8. The van der Waals surface area contributed by atoms with E-state index in [1.807, 2.05) is 18.2 Å². The monoisotopic (exact) mass is 533 g/mol. The lowest BCUT2D eigenvalue weighted by Gasteiger charge is -2.22. The molecule has 39 heavy (non-hydrogen) atoms. The molecule has 1 unspecified atom stereocenters. The van der Waals surface area contributed by atoms with Crippen LogP contribution in [0.1, 0.15) is 48.3 Å². The number of ether oxygens (including phenoxy) is 2. The summed E-state index contributed by atoms with van der Waals surface area (Å²) in [6.45, 7) is 3.75. The standard InChI is InChI=1S/C28H31N5O6/c1-3-38-23(34)15-14-22(27(37)39-4-2)31-25(35)16-8-10-17(11-9-16)30-20-7-5-6-19-18(20)12-13-21-24(19)26(36)33-28(29)32-21/h5-11,22,30H,3-4,12-15H2,1-2H3,(H,31,35)(H3,29,32,33,36). The summed E-state index contributed by atoms with van der Waals surface area (Å²) >= 11 is 0. The van der Waals surface area contributed by atoms with Crippen LogP contribution in [0.4, 0.5) is 17.3 Å². The molecule has 1 heterocycles. The second kappa shape index (κ2) is 12.2. The molecule has 11 heteroatoms. The van der Waals surface area contributed by atoms with Gasteiger partial charge in [-0.05, 0) is 74.6 Å². The van der Waals surface area contributed by atoms with Crippen molar-refractivity contribution in [1.82, 2.24) is 15.3 Å². The summed E-state index contributed by atoms with van der Waals surface area (Å²) in [4.78, 5) is 56.4. The van der Waals surface area contributed by atoms with Gasteiger partial charge < -0.3 is 25.8 Å². The number of carbonyl (C=O) groups excluding carboxylic acids is 3. The van der Waals surface area contributed by atoms with Crippen molar-refractivity contribution >= 4 is 35.2 Å². The number of nitrogens with two attached hydrogens (primary N) is 1. The summed E-state index contributed by atoms with van der Waals surface area (Å²) in [6.07, 6.45) is 1.31. The van der Waals surface area contributed by atoms with Crippen LogP contribution in [0.3, 0.4) is 0 Å². The van der Waals surface area contributed by atoms with Crippen LogP contribution in [0.5, 0.6) is 0 Å². The van der Waals surface area contributed by atoms with Gasteiger partial charge in [0.15, 0.2) is 0 Å². The number of hydrogen-bond acceptors (Lipinski definition) is 9. The summed E-state index contributed by atoms with van der Waals surface area (Å²) in [5.74, 6) is -1.43. The number of H-pyrrole nitrogens is 1. The average Bonchev–Trinajstić information content (AvgIpc) is 2.91. The Kier molecular flexibility index (Phi) is 8.60. The van der Waals surface area contributed by atoms with E-state index in [0.717, 1.165) is 22.5 Å². The van der Waals surface area contributed by atoms with E-state index in [0.29, 0.717) is 29.7 Å². The Morgan fingerprint density at radius 2 is 1.79 bits per heavy atom. The molecular formula is C28H31N5O6. The van der Waals surface area contributed by atoms with Gasteiger partial charge in [-0.2, -0.15) is 0 Å². The van der Waals surface area contributed by atoms with Gasteiger partial charge >= 0.3 is 11.9 Å². The first-order chi connectivity index (χ1) is 18.8. The number of esters is 2. The van der Waals surface area contributed by atoms with E-state index >= 15 is 0 Å². The summed E-state index contributed by atoms with van der Waals surface area (Å²) in [6, 6.07) is 11.5. The Bertz CT molecular complexity index is 1430. The Labute approximate surface area is 225 Å². The molecule has 4 rings (SSSR count). The van der Waals surface area contributed by atoms with Gasteiger partial charge in [0.1, 0.15) is 6.04 Å². The van der Waals surface area contributed by atoms with Crippen molar-refractivity contribution in [1.29, 1.82) is 0 Å². The van der Waals surface area contributed by atoms with Gasteiger partial charge in [-0.15, -0.1) is 0 Å². The zero-order valence-corrected chi connectivity index (χ0v) is 21.8. The van der Waals surface area contributed by atoms with E-state index in [1.165, 1.54) is 0 Å². The number of benzene rings is 2. The number of amides is 1. The maximum atomic E-state index is 12.9. The van der Waals surface area contributed by atoms with Crippen LogP contribution < -0.4 is 21.9 Å². The lowest BCUT2D eigenvalue weighted by atomic mass is 9.88. The summed E-state index contributed by atoms with van der Waals surface area (Å²) in [7, 11) is 0.